The highest BCUT2D eigenvalue weighted by Gasteiger charge is 2.18. The molecule has 1 amide bonds. The van der Waals surface area contributed by atoms with Crippen LogP contribution in [0.5, 0.6) is 0 Å². The summed E-state index contributed by atoms with van der Waals surface area (Å²) < 4.78 is 1.84. The van der Waals surface area contributed by atoms with Crippen LogP contribution >= 0.6 is 23.4 Å². The van der Waals surface area contributed by atoms with Crippen LogP contribution in [0.15, 0.2) is 47.9 Å². The Labute approximate surface area is 135 Å². The Hall–Kier alpha value is -2.12. The highest BCUT2D eigenvalue weighted by atomic mass is 35.5. The first-order chi connectivity index (χ1) is 10.6. The molecule has 3 aromatic rings. The maximum absolute atomic E-state index is 12.3. The maximum Gasteiger partial charge on any atom is 0.237 e. The second-order valence-electron chi connectivity index (χ2n) is 4.50. The first-order valence-electron chi connectivity index (χ1n) is 6.53. The zero-order valence-corrected chi connectivity index (χ0v) is 13.2. The molecule has 0 saturated heterocycles. The zero-order chi connectivity index (χ0) is 15.5. The molecule has 0 saturated carbocycles. The number of amides is 1. The van der Waals surface area contributed by atoms with E-state index in [9.17, 15) is 4.79 Å². The molecule has 3 rings (SSSR count). The van der Waals surface area contributed by atoms with E-state index in [4.69, 9.17) is 11.6 Å². The fourth-order valence-electron chi connectivity index (χ4n) is 1.83. The second kappa shape index (κ2) is 6.33. The molecule has 0 radical (unpaired) electrons. The van der Waals surface area contributed by atoms with Crippen molar-refractivity contribution in [3.63, 3.8) is 0 Å². The van der Waals surface area contributed by atoms with Crippen molar-refractivity contribution in [1.82, 2.24) is 19.6 Å². The van der Waals surface area contributed by atoms with Gasteiger partial charge in [0, 0.05) is 12.4 Å². The van der Waals surface area contributed by atoms with Gasteiger partial charge in [0.1, 0.15) is 0 Å². The van der Waals surface area contributed by atoms with Gasteiger partial charge < -0.3 is 5.32 Å². The van der Waals surface area contributed by atoms with E-state index in [1.807, 2.05) is 28.8 Å². The molecule has 8 heteroatoms. The van der Waals surface area contributed by atoms with Gasteiger partial charge in [0.15, 0.2) is 16.0 Å². The minimum atomic E-state index is -0.358. The number of hydrogen-bond acceptors (Lipinski definition) is 5. The average Bonchev–Trinajstić information content (AvgIpc) is 2.93. The summed E-state index contributed by atoms with van der Waals surface area (Å²) in [6, 6.07) is 9.05. The number of nitrogens with zero attached hydrogens (tertiary/aromatic N) is 4. The predicted octanol–water partition coefficient (Wildman–Crippen LogP) is 2.90. The van der Waals surface area contributed by atoms with Gasteiger partial charge in [0.25, 0.3) is 0 Å². The van der Waals surface area contributed by atoms with Crippen molar-refractivity contribution in [1.29, 1.82) is 0 Å². The van der Waals surface area contributed by atoms with Crippen molar-refractivity contribution >= 4 is 40.6 Å². The quantitative estimate of drug-likeness (QED) is 0.587. The first-order valence-corrected chi connectivity index (χ1v) is 7.79. The SMILES string of the molecule is C[C@H](Sc1nnc2ccccn12)C(=O)Nc1cccnc1Cl. The average molecular weight is 334 g/mol. The Morgan fingerprint density at radius 2 is 2.18 bits per heavy atom. The Morgan fingerprint density at radius 3 is 3.00 bits per heavy atom. The molecule has 1 N–H and O–H groups in total. The van der Waals surface area contributed by atoms with Gasteiger partial charge in [-0.3, -0.25) is 9.20 Å². The summed E-state index contributed by atoms with van der Waals surface area (Å²) in [5.41, 5.74) is 1.24. The third-order valence-corrected chi connectivity index (χ3v) is 4.31. The van der Waals surface area contributed by atoms with Crippen molar-refractivity contribution in [2.75, 3.05) is 5.32 Å². The van der Waals surface area contributed by atoms with Crippen molar-refractivity contribution in [2.45, 2.75) is 17.3 Å². The molecule has 6 nitrogen and oxygen atoms in total. The molecule has 0 aliphatic carbocycles. The molecule has 0 aliphatic heterocycles. The highest BCUT2D eigenvalue weighted by molar-refractivity contribution is 8.00. The van der Waals surface area contributed by atoms with Crippen LogP contribution in [-0.2, 0) is 4.79 Å². The molecular weight excluding hydrogens is 322 g/mol. The molecule has 3 heterocycles. The van der Waals surface area contributed by atoms with Gasteiger partial charge in [-0.15, -0.1) is 10.2 Å². The lowest BCUT2D eigenvalue weighted by molar-refractivity contribution is -0.115. The lowest BCUT2D eigenvalue weighted by atomic mass is 10.4. The number of nitrogens with one attached hydrogen (secondary N) is 1. The van der Waals surface area contributed by atoms with Crippen LogP contribution in [0.1, 0.15) is 6.92 Å². The van der Waals surface area contributed by atoms with Crippen LogP contribution in [-0.4, -0.2) is 30.7 Å². The minimum absolute atomic E-state index is 0.174. The lowest BCUT2D eigenvalue weighted by Crippen LogP contribution is -2.23. The van der Waals surface area contributed by atoms with Gasteiger partial charge in [-0.05, 0) is 31.2 Å². The molecule has 0 aliphatic rings. The van der Waals surface area contributed by atoms with E-state index < -0.39 is 0 Å². The van der Waals surface area contributed by atoms with E-state index in [-0.39, 0.29) is 16.3 Å². The zero-order valence-electron chi connectivity index (χ0n) is 11.6. The normalized spacial score (nSPS) is 12.3. The second-order valence-corrected chi connectivity index (χ2v) is 6.17. The Balaban J connectivity index is 1.73. The number of hydrogen-bond donors (Lipinski definition) is 1. The van der Waals surface area contributed by atoms with Crippen LogP contribution in [0, 0.1) is 0 Å². The lowest BCUT2D eigenvalue weighted by Gasteiger charge is -2.11. The number of thioether (sulfide) groups is 1. The molecule has 0 unspecified atom stereocenters. The molecule has 0 spiro atoms. The Bertz CT molecular complexity index is 822. The van der Waals surface area contributed by atoms with Crippen molar-refractivity contribution in [3.05, 3.63) is 47.9 Å². The van der Waals surface area contributed by atoms with Crippen molar-refractivity contribution < 1.29 is 4.79 Å². The Morgan fingerprint density at radius 1 is 1.32 bits per heavy atom. The van der Waals surface area contributed by atoms with E-state index in [2.05, 4.69) is 20.5 Å². The molecule has 22 heavy (non-hydrogen) atoms. The number of anilines is 1. The summed E-state index contributed by atoms with van der Waals surface area (Å²) in [6.45, 7) is 1.80. The van der Waals surface area contributed by atoms with E-state index in [1.54, 1.807) is 25.3 Å². The topological polar surface area (TPSA) is 72.2 Å². The maximum atomic E-state index is 12.3. The third kappa shape index (κ3) is 3.05. The van der Waals surface area contributed by atoms with Crippen molar-refractivity contribution in [2.24, 2.45) is 0 Å². The van der Waals surface area contributed by atoms with E-state index in [1.165, 1.54) is 11.8 Å². The molecule has 1 atom stereocenters. The van der Waals surface area contributed by atoms with E-state index in [0.717, 1.165) is 5.65 Å². The number of fused-ring (bicyclic) bond motifs is 1. The number of carbonyl (C=O) groups is 1. The molecular formula is C14H12ClN5OS. The fourth-order valence-corrected chi connectivity index (χ4v) is 2.83. The smallest absolute Gasteiger partial charge is 0.237 e. The third-order valence-electron chi connectivity index (χ3n) is 2.95. The molecule has 112 valence electrons. The van der Waals surface area contributed by atoms with E-state index in [0.29, 0.717) is 10.8 Å². The Kier molecular flexibility index (Phi) is 4.26. The van der Waals surface area contributed by atoms with Gasteiger partial charge in [0.05, 0.1) is 10.9 Å². The van der Waals surface area contributed by atoms with Crippen molar-refractivity contribution in [3.8, 4) is 0 Å². The van der Waals surface area contributed by atoms with Crippen LogP contribution in [0.2, 0.25) is 5.15 Å². The molecule has 0 aromatic carbocycles. The van der Waals surface area contributed by atoms with Gasteiger partial charge in [0.2, 0.25) is 5.91 Å². The number of rotatable bonds is 4. The van der Waals surface area contributed by atoms with Crippen LogP contribution in [0.3, 0.4) is 0 Å². The first kappa shape index (κ1) is 14.8. The number of pyridine rings is 2. The van der Waals surface area contributed by atoms with Gasteiger partial charge >= 0.3 is 0 Å². The van der Waals surface area contributed by atoms with Crippen LogP contribution < -0.4 is 5.32 Å². The monoisotopic (exact) mass is 333 g/mol. The van der Waals surface area contributed by atoms with E-state index >= 15 is 0 Å². The summed E-state index contributed by atoms with van der Waals surface area (Å²) in [6.07, 6.45) is 3.43. The largest absolute Gasteiger partial charge is 0.322 e. The molecule has 0 fully saturated rings. The van der Waals surface area contributed by atoms with Crippen LogP contribution in [0.4, 0.5) is 5.69 Å². The predicted molar refractivity (Wildman–Crippen MR) is 86.2 cm³/mol. The standard InChI is InChI=1S/C14H12ClN5OS/c1-9(13(21)17-10-5-4-7-16-12(10)15)22-14-19-18-11-6-2-3-8-20(11)14/h2-9H,1H3,(H,17,21)/t9-/m0/s1. The highest BCUT2D eigenvalue weighted by Crippen LogP contribution is 2.24. The molecule has 3 aromatic heterocycles. The summed E-state index contributed by atoms with van der Waals surface area (Å²) in [5, 5.41) is 11.5. The fraction of sp³-hybridized carbons (Fsp3) is 0.143. The summed E-state index contributed by atoms with van der Waals surface area (Å²) in [4.78, 5) is 16.2. The van der Waals surface area contributed by atoms with Gasteiger partial charge in [-0.2, -0.15) is 0 Å². The summed E-state index contributed by atoms with van der Waals surface area (Å²) >= 11 is 7.26. The number of carbonyl (C=O) groups excluding carboxylic acids is 1. The number of halogens is 1. The van der Waals surface area contributed by atoms with Gasteiger partial charge in [-0.1, -0.05) is 29.4 Å². The van der Waals surface area contributed by atoms with Crippen LogP contribution in [0.25, 0.3) is 5.65 Å². The molecule has 0 bridgehead atoms. The minimum Gasteiger partial charge on any atom is -0.322 e. The number of aromatic nitrogens is 4. The summed E-state index contributed by atoms with van der Waals surface area (Å²) in [5.74, 6) is -0.174. The van der Waals surface area contributed by atoms with Gasteiger partial charge in [-0.25, -0.2) is 4.98 Å². The summed E-state index contributed by atoms with van der Waals surface area (Å²) in [7, 11) is 0.